The fraction of sp³-hybridized carbons (Fsp3) is 0.583. The third-order valence-electron chi connectivity index (χ3n) is 2.53. The average molecular weight is 241 g/mol. The number of aryl methyl sites for hydroxylation is 1. The van der Waals surface area contributed by atoms with E-state index in [1.807, 2.05) is 31.4 Å². The second-order valence-electron chi connectivity index (χ2n) is 4.18. The normalized spacial score (nSPS) is 12.8. The molecule has 2 N–H and O–H groups in total. The lowest BCUT2D eigenvalue weighted by Crippen LogP contribution is -2.41. The molecule has 0 aromatic carbocycles. The Balaban J connectivity index is 2.30. The number of nitrogens with one attached hydrogen (secondary N) is 1. The molecule has 1 rings (SSSR count). The summed E-state index contributed by atoms with van der Waals surface area (Å²) in [6.45, 7) is 3.98. The van der Waals surface area contributed by atoms with Gasteiger partial charge in [-0.2, -0.15) is 0 Å². The Kier molecular flexibility index (Phi) is 5.49. The predicted molar refractivity (Wildman–Crippen MR) is 66.5 cm³/mol. The van der Waals surface area contributed by atoms with Gasteiger partial charge in [0.2, 0.25) is 5.91 Å². The van der Waals surface area contributed by atoms with Gasteiger partial charge in [-0.15, -0.1) is 11.3 Å². The summed E-state index contributed by atoms with van der Waals surface area (Å²) >= 11 is 1.67. The third kappa shape index (κ3) is 4.33. The van der Waals surface area contributed by atoms with Gasteiger partial charge in [-0.05, 0) is 23.8 Å². The second-order valence-corrected chi connectivity index (χ2v) is 5.21. The van der Waals surface area contributed by atoms with Crippen molar-refractivity contribution in [3.05, 3.63) is 22.4 Å². The molecule has 4 heteroatoms. The standard InChI is InChI=1S/C12H19NO2S/c1-9(2)11(8-14)13-12(15)6-5-10-4-3-7-16-10/h3-4,7,9,11,14H,5-6,8H2,1-2H3,(H,13,15)/t11-/m1/s1. The molecule has 0 unspecified atom stereocenters. The largest absolute Gasteiger partial charge is 0.394 e. The third-order valence-corrected chi connectivity index (χ3v) is 3.46. The quantitative estimate of drug-likeness (QED) is 0.798. The van der Waals surface area contributed by atoms with Gasteiger partial charge in [-0.1, -0.05) is 19.9 Å². The molecule has 1 atom stereocenters. The molecule has 1 aromatic heterocycles. The van der Waals surface area contributed by atoms with Gasteiger partial charge < -0.3 is 10.4 Å². The van der Waals surface area contributed by atoms with Gasteiger partial charge in [-0.25, -0.2) is 0 Å². The molecule has 0 aliphatic carbocycles. The maximum Gasteiger partial charge on any atom is 0.220 e. The Morgan fingerprint density at radius 1 is 1.56 bits per heavy atom. The molecule has 0 radical (unpaired) electrons. The molecule has 90 valence electrons. The smallest absolute Gasteiger partial charge is 0.220 e. The van der Waals surface area contributed by atoms with Crippen LogP contribution in [0, 0.1) is 5.92 Å². The topological polar surface area (TPSA) is 49.3 Å². The van der Waals surface area contributed by atoms with E-state index in [0.717, 1.165) is 6.42 Å². The number of aliphatic hydroxyl groups is 1. The molecule has 0 aliphatic rings. The molecule has 1 aromatic rings. The lowest BCUT2D eigenvalue weighted by Gasteiger charge is -2.19. The van der Waals surface area contributed by atoms with Gasteiger partial charge in [0.1, 0.15) is 0 Å². The Hall–Kier alpha value is -0.870. The fourth-order valence-corrected chi connectivity index (χ4v) is 2.10. The zero-order valence-electron chi connectivity index (χ0n) is 9.77. The van der Waals surface area contributed by atoms with Crippen molar-refractivity contribution in [3.8, 4) is 0 Å². The first-order chi connectivity index (χ1) is 7.63. The minimum Gasteiger partial charge on any atom is -0.394 e. The average Bonchev–Trinajstić information content (AvgIpc) is 2.75. The van der Waals surface area contributed by atoms with Crippen LogP contribution in [0.4, 0.5) is 0 Å². The monoisotopic (exact) mass is 241 g/mol. The summed E-state index contributed by atoms with van der Waals surface area (Å²) < 4.78 is 0. The summed E-state index contributed by atoms with van der Waals surface area (Å²) in [7, 11) is 0. The molecule has 0 aliphatic heterocycles. The van der Waals surface area contributed by atoms with Gasteiger partial charge in [0.15, 0.2) is 0 Å². The van der Waals surface area contributed by atoms with Crippen LogP contribution in [0.2, 0.25) is 0 Å². The predicted octanol–water partition coefficient (Wildman–Crippen LogP) is 1.81. The Bertz CT molecular complexity index is 309. The van der Waals surface area contributed by atoms with Crippen LogP contribution < -0.4 is 5.32 Å². The van der Waals surface area contributed by atoms with Gasteiger partial charge in [0.25, 0.3) is 0 Å². The van der Waals surface area contributed by atoms with Crippen LogP contribution >= 0.6 is 11.3 Å². The van der Waals surface area contributed by atoms with E-state index >= 15 is 0 Å². The van der Waals surface area contributed by atoms with E-state index in [0.29, 0.717) is 6.42 Å². The Labute approximate surface area is 100 Å². The zero-order chi connectivity index (χ0) is 12.0. The Morgan fingerprint density at radius 2 is 2.31 bits per heavy atom. The van der Waals surface area contributed by atoms with E-state index < -0.39 is 0 Å². The molecule has 0 spiro atoms. The minimum atomic E-state index is -0.129. The summed E-state index contributed by atoms with van der Waals surface area (Å²) in [5, 5.41) is 13.9. The summed E-state index contributed by atoms with van der Waals surface area (Å²) in [5.74, 6) is 0.275. The number of hydrogen-bond acceptors (Lipinski definition) is 3. The molecular weight excluding hydrogens is 222 g/mol. The number of thiophene rings is 1. The molecule has 3 nitrogen and oxygen atoms in total. The van der Waals surface area contributed by atoms with Crippen LogP contribution in [-0.2, 0) is 11.2 Å². The van der Waals surface area contributed by atoms with Crippen molar-refractivity contribution in [3.63, 3.8) is 0 Å². The van der Waals surface area contributed by atoms with Crippen molar-refractivity contribution in [2.75, 3.05) is 6.61 Å². The molecule has 1 amide bonds. The molecule has 16 heavy (non-hydrogen) atoms. The molecule has 0 fully saturated rings. The van der Waals surface area contributed by atoms with E-state index in [-0.39, 0.29) is 24.5 Å². The molecule has 0 bridgehead atoms. The highest BCUT2D eigenvalue weighted by molar-refractivity contribution is 7.09. The summed E-state index contributed by atoms with van der Waals surface area (Å²) in [4.78, 5) is 12.8. The maximum absolute atomic E-state index is 11.6. The van der Waals surface area contributed by atoms with Crippen molar-refractivity contribution in [2.45, 2.75) is 32.7 Å². The number of carbonyl (C=O) groups excluding carboxylic acids is 1. The number of rotatable bonds is 6. The maximum atomic E-state index is 11.6. The van der Waals surface area contributed by atoms with Crippen molar-refractivity contribution in [1.29, 1.82) is 0 Å². The highest BCUT2D eigenvalue weighted by Gasteiger charge is 2.14. The second kappa shape index (κ2) is 6.66. The van der Waals surface area contributed by atoms with Crippen LogP contribution in [0.3, 0.4) is 0 Å². The highest BCUT2D eigenvalue weighted by atomic mass is 32.1. The first-order valence-electron chi connectivity index (χ1n) is 5.56. The fourth-order valence-electron chi connectivity index (χ4n) is 1.39. The van der Waals surface area contributed by atoms with Gasteiger partial charge in [0, 0.05) is 11.3 Å². The van der Waals surface area contributed by atoms with Crippen molar-refractivity contribution >= 4 is 17.2 Å². The highest BCUT2D eigenvalue weighted by Crippen LogP contribution is 2.11. The minimum absolute atomic E-state index is 0.00239. The van der Waals surface area contributed by atoms with E-state index in [1.165, 1.54) is 4.88 Å². The molecule has 0 saturated carbocycles. The van der Waals surface area contributed by atoms with E-state index in [9.17, 15) is 4.79 Å². The van der Waals surface area contributed by atoms with Gasteiger partial charge >= 0.3 is 0 Å². The molecular formula is C12H19NO2S. The van der Waals surface area contributed by atoms with E-state index in [4.69, 9.17) is 5.11 Å². The number of hydrogen-bond donors (Lipinski definition) is 2. The SMILES string of the molecule is CC(C)[C@@H](CO)NC(=O)CCc1cccs1. The van der Waals surface area contributed by atoms with Crippen LogP contribution in [0.1, 0.15) is 25.1 Å². The van der Waals surface area contributed by atoms with E-state index in [2.05, 4.69) is 5.32 Å². The number of amides is 1. The lowest BCUT2D eigenvalue weighted by atomic mass is 10.1. The Morgan fingerprint density at radius 3 is 2.81 bits per heavy atom. The number of aliphatic hydroxyl groups excluding tert-OH is 1. The zero-order valence-corrected chi connectivity index (χ0v) is 10.6. The summed E-state index contributed by atoms with van der Waals surface area (Å²) in [5.41, 5.74) is 0. The lowest BCUT2D eigenvalue weighted by molar-refractivity contribution is -0.122. The van der Waals surface area contributed by atoms with Crippen LogP contribution in [0.15, 0.2) is 17.5 Å². The molecule has 1 heterocycles. The molecule has 0 saturated heterocycles. The first kappa shape index (κ1) is 13.2. The van der Waals surface area contributed by atoms with Crippen molar-refractivity contribution in [1.82, 2.24) is 5.32 Å². The number of carbonyl (C=O) groups is 1. The summed E-state index contributed by atoms with van der Waals surface area (Å²) in [6, 6.07) is 3.89. The van der Waals surface area contributed by atoms with Crippen LogP contribution in [0.25, 0.3) is 0 Å². The van der Waals surface area contributed by atoms with Crippen LogP contribution in [-0.4, -0.2) is 23.7 Å². The summed E-state index contributed by atoms with van der Waals surface area (Å²) in [6.07, 6.45) is 1.27. The van der Waals surface area contributed by atoms with Gasteiger partial charge in [-0.3, -0.25) is 4.79 Å². The first-order valence-corrected chi connectivity index (χ1v) is 6.44. The van der Waals surface area contributed by atoms with Gasteiger partial charge in [0.05, 0.1) is 12.6 Å². The van der Waals surface area contributed by atoms with Crippen molar-refractivity contribution in [2.24, 2.45) is 5.92 Å². The van der Waals surface area contributed by atoms with Crippen LogP contribution in [0.5, 0.6) is 0 Å². The van der Waals surface area contributed by atoms with E-state index in [1.54, 1.807) is 11.3 Å². The van der Waals surface area contributed by atoms with Crippen molar-refractivity contribution < 1.29 is 9.90 Å².